The Hall–Kier alpha value is -1.32. The first-order valence-electron chi connectivity index (χ1n) is 7.45. The summed E-state index contributed by atoms with van der Waals surface area (Å²) < 4.78 is 1.90. The zero-order chi connectivity index (χ0) is 13.8. The van der Waals surface area contributed by atoms with Crippen molar-refractivity contribution in [1.82, 2.24) is 15.1 Å². The largest absolute Gasteiger partial charge is 0.348 e. The minimum Gasteiger partial charge on any atom is -0.348 e. The molecule has 1 aromatic rings. The number of nitrogens with zero attached hydrogens (tertiary/aromatic N) is 2. The molecule has 4 nitrogen and oxygen atoms in total. The van der Waals surface area contributed by atoms with Gasteiger partial charge in [-0.1, -0.05) is 25.7 Å². The van der Waals surface area contributed by atoms with E-state index in [1.807, 2.05) is 17.7 Å². The molecular formula is C15H25N3O. The van der Waals surface area contributed by atoms with E-state index < -0.39 is 0 Å². The van der Waals surface area contributed by atoms with Crippen LogP contribution in [0.4, 0.5) is 0 Å². The van der Waals surface area contributed by atoms with Crippen molar-refractivity contribution in [1.29, 1.82) is 0 Å². The first kappa shape index (κ1) is 14.1. The highest BCUT2D eigenvalue weighted by molar-refractivity contribution is 5.92. The maximum Gasteiger partial charge on any atom is 0.272 e. The number of hydrogen-bond donors (Lipinski definition) is 1. The fraction of sp³-hybridized carbons (Fsp3) is 0.733. The van der Waals surface area contributed by atoms with Crippen molar-refractivity contribution in [2.24, 2.45) is 0 Å². The van der Waals surface area contributed by atoms with Gasteiger partial charge in [0.2, 0.25) is 0 Å². The van der Waals surface area contributed by atoms with E-state index in [2.05, 4.69) is 24.3 Å². The summed E-state index contributed by atoms with van der Waals surface area (Å²) in [7, 11) is 0. The van der Waals surface area contributed by atoms with Gasteiger partial charge in [-0.3, -0.25) is 9.48 Å². The molecule has 4 heteroatoms. The maximum absolute atomic E-state index is 12.2. The summed E-state index contributed by atoms with van der Waals surface area (Å²) in [5.41, 5.74) is 1.59. The van der Waals surface area contributed by atoms with Gasteiger partial charge in [-0.2, -0.15) is 5.10 Å². The number of rotatable bonds is 3. The van der Waals surface area contributed by atoms with Crippen LogP contribution in [0.15, 0.2) is 6.07 Å². The van der Waals surface area contributed by atoms with Gasteiger partial charge in [-0.05, 0) is 39.7 Å². The molecule has 0 bridgehead atoms. The maximum atomic E-state index is 12.2. The van der Waals surface area contributed by atoms with Gasteiger partial charge in [0, 0.05) is 17.8 Å². The Morgan fingerprint density at radius 2 is 1.95 bits per heavy atom. The van der Waals surface area contributed by atoms with E-state index in [9.17, 15) is 4.79 Å². The van der Waals surface area contributed by atoms with Gasteiger partial charge in [0.25, 0.3) is 5.91 Å². The molecule has 1 aliphatic rings. The molecule has 106 valence electrons. The molecule has 19 heavy (non-hydrogen) atoms. The number of aromatic nitrogens is 2. The number of hydrogen-bond acceptors (Lipinski definition) is 2. The molecule has 1 aromatic heterocycles. The summed E-state index contributed by atoms with van der Waals surface area (Å²) >= 11 is 0. The van der Waals surface area contributed by atoms with Crippen LogP contribution in [0.25, 0.3) is 0 Å². The Labute approximate surface area is 115 Å². The van der Waals surface area contributed by atoms with E-state index in [4.69, 9.17) is 0 Å². The topological polar surface area (TPSA) is 46.9 Å². The van der Waals surface area contributed by atoms with Crippen LogP contribution in [0.2, 0.25) is 0 Å². The van der Waals surface area contributed by atoms with Crippen molar-refractivity contribution < 1.29 is 4.79 Å². The quantitative estimate of drug-likeness (QED) is 0.851. The predicted molar refractivity (Wildman–Crippen MR) is 76.3 cm³/mol. The Bertz CT molecular complexity index is 429. The normalized spacial score (nSPS) is 17.5. The minimum atomic E-state index is -0.0191. The number of amides is 1. The smallest absolute Gasteiger partial charge is 0.272 e. The van der Waals surface area contributed by atoms with Gasteiger partial charge >= 0.3 is 0 Å². The lowest BCUT2D eigenvalue weighted by Crippen LogP contribution is -2.34. The Morgan fingerprint density at radius 1 is 1.32 bits per heavy atom. The van der Waals surface area contributed by atoms with Crippen molar-refractivity contribution in [3.05, 3.63) is 17.5 Å². The first-order chi connectivity index (χ1) is 9.08. The van der Waals surface area contributed by atoms with Gasteiger partial charge in [0.05, 0.1) is 0 Å². The lowest BCUT2D eigenvalue weighted by molar-refractivity contribution is 0.0927. The predicted octanol–water partition coefficient (Wildman–Crippen LogP) is 3.23. The van der Waals surface area contributed by atoms with Crippen molar-refractivity contribution in [3.63, 3.8) is 0 Å². The molecule has 1 aliphatic carbocycles. The monoisotopic (exact) mass is 263 g/mol. The number of nitrogens with one attached hydrogen (secondary N) is 1. The third-order valence-electron chi connectivity index (χ3n) is 3.83. The van der Waals surface area contributed by atoms with Crippen LogP contribution in [-0.2, 0) is 0 Å². The molecule has 1 fully saturated rings. The van der Waals surface area contributed by atoms with Crippen LogP contribution in [0.3, 0.4) is 0 Å². The van der Waals surface area contributed by atoms with E-state index in [1.165, 1.54) is 25.7 Å². The molecule has 0 saturated heterocycles. The molecule has 0 radical (unpaired) electrons. The summed E-state index contributed by atoms with van der Waals surface area (Å²) in [6.07, 6.45) is 7.26. The second-order valence-electron chi connectivity index (χ2n) is 5.87. The molecule has 1 heterocycles. The lowest BCUT2D eigenvalue weighted by atomic mass is 10.1. The van der Waals surface area contributed by atoms with Gasteiger partial charge in [-0.25, -0.2) is 0 Å². The average molecular weight is 263 g/mol. The first-order valence-corrected chi connectivity index (χ1v) is 7.45. The molecule has 0 spiro atoms. The van der Waals surface area contributed by atoms with Crippen LogP contribution >= 0.6 is 0 Å². The molecule has 0 aromatic carbocycles. The molecule has 0 unspecified atom stereocenters. The van der Waals surface area contributed by atoms with Crippen LogP contribution in [0.1, 0.15) is 74.6 Å². The molecule has 2 rings (SSSR count). The zero-order valence-corrected chi connectivity index (χ0v) is 12.3. The number of aryl methyl sites for hydroxylation is 1. The van der Waals surface area contributed by atoms with Crippen LogP contribution in [0, 0.1) is 6.92 Å². The van der Waals surface area contributed by atoms with Gasteiger partial charge in [0.15, 0.2) is 0 Å². The van der Waals surface area contributed by atoms with Crippen LogP contribution in [0.5, 0.6) is 0 Å². The fourth-order valence-corrected chi connectivity index (χ4v) is 2.80. The van der Waals surface area contributed by atoms with Crippen molar-refractivity contribution in [3.8, 4) is 0 Å². The fourth-order valence-electron chi connectivity index (χ4n) is 2.80. The molecule has 1 N–H and O–H groups in total. The highest BCUT2D eigenvalue weighted by atomic mass is 16.2. The summed E-state index contributed by atoms with van der Waals surface area (Å²) in [6.45, 7) is 6.15. The van der Waals surface area contributed by atoms with Crippen molar-refractivity contribution >= 4 is 5.91 Å². The zero-order valence-electron chi connectivity index (χ0n) is 12.3. The third kappa shape index (κ3) is 3.58. The van der Waals surface area contributed by atoms with Gasteiger partial charge in [-0.15, -0.1) is 0 Å². The second kappa shape index (κ2) is 6.22. The number of carbonyl (C=O) groups excluding carboxylic acids is 1. The highest BCUT2D eigenvalue weighted by Crippen LogP contribution is 2.18. The van der Waals surface area contributed by atoms with Crippen LogP contribution < -0.4 is 5.32 Å². The average Bonchev–Trinajstić information content (AvgIpc) is 2.58. The highest BCUT2D eigenvalue weighted by Gasteiger charge is 2.18. The SMILES string of the molecule is Cc1cc(C(=O)NC2CCCCCC2)nn1C(C)C. The van der Waals surface area contributed by atoms with E-state index >= 15 is 0 Å². The Morgan fingerprint density at radius 3 is 2.47 bits per heavy atom. The second-order valence-corrected chi connectivity index (χ2v) is 5.87. The summed E-state index contributed by atoms with van der Waals surface area (Å²) in [5.74, 6) is -0.0191. The minimum absolute atomic E-state index is 0.0191. The molecule has 0 atom stereocenters. The van der Waals surface area contributed by atoms with Gasteiger partial charge in [0.1, 0.15) is 5.69 Å². The van der Waals surface area contributed by atoms with E-state index in [0.717, 1.165) is 18.5 Å². The van der Waals surface area contributed by atoms with Crippen LogP contribution in [-0.4, -0.2) is 21.7 Å². The Balaban J connectivity index is 2.01. The lowest BCUT2D eigenvalue weighted by Gasteiger charge is -2.15. The number of carbonyl (C=O) groups is 1. The molecule has 1 amide bonds. The third-order valence-corrected chi connectivity index (χ3v) is 3.83. The molecule has 1 saturated carbocycles. The van der Waals surface area contributed by atoms with E-state index in [-0.39, 0.29) is 5.91 Å². The summed E-state index contributed by atoms with van der Waals surface area (Å²) in [5, 5.41) is 7.54. The summed E-state index contributed by atoms with van der Waals surface area (Å²) in [4.78, 5) is 12.2. The molecule has 0 aliphatic heterocycles. The Kier molecular flexibility index (Phi) is 4.61. The summed E-state index contributed by atoms with van der Waals surface area (Å²) in [6, 6.07) is 2.51. The van der Waals surface area contributed by atoms with E-state index in [1.54, 1.807) is 0 Å². The van der Waals surface area contributed by atoms with Crippen molar-refractivity contribution in [2.45, 2.75) is 71.4 Å². The molecular weight excluding hydrogens is 238 g/mol. The van der Waals surface area contributed by atoms with Crippen molar-refractivity contribution in [2.75, 3.05) is 0 Å². The van der Waals surface area contributed by atoms with E-state index in [0.29, 0.717) is 17.8 Å². The van der Waals surface area contributed by atoms with Gasteiger partial charge < -0.3 is 5.32 Å². The standard InChI is InChI=1S/C15H25N3O/c1-11(2)18-12(3)10-14(17-18)15(19)16-13-8-6-4-5-7-9-13/h10-11,13H,4-9H2,1-3H3,(H,16,19).